The van der Waals surface area contributed by atoms with E-state index in [9.17, 15) is 13.2 Å². The molecule has 0 spiro atoms. The van der Waals surface area contributed by atoms with Crippen LogP contribution in [0.25, 0.3) is 0 Å². The highest BCUT2D eigenvalue weighted by Crippen LogP contribution is 2.33. The fourth-order valence-electron chi connectivity index (χ4n) is 1.98. The lowest BCUT2D eigenvalue weighted by Crippen LogP contribution is -2.67. The molecule has 1 aromatic carbocycles. The Labute approximate surface area is 98.2 Å². The van der Waals surface area contributed by atoms with Crippen LogP contribution >= 0.6 is 0 Å². The second-order valence-electron chi connectivity index (χ2n) is 4.62. The van der Waals surface area contributed by atoms with Crippen molar-refractivity contribution in [1.29, 1.82) is 0 Å². The van der Waals surface area contributed by atoms with E-state index in [0.717, 1.165) is 24.2 Å². The molecule has 17 heavy (non-hydrogen) atoms. The maximum Gasteiger partial charge on any atom is 0.416 e. The molecule has 0 unspecified atom stereocenters. The summed E-state index contributed by atoms with van der Waals surface area (Å²) in [6.07, 6.45) is -3.39. The Morgan fingerprint density at radius 2 is 1.76 bits per heavy atom. The van der Waals surface area contributed by atoms with Gasteiger partial charge in [0.05, 0.1) is 11.1 Å². The number of rotatable bonds is 2. The summed E-state index contributed by atoms with van der Waals surface area (Å²) in [5, 5.41) is 0. The molecule has 1 fully saturated rings. The highest BCUT2D eigenvalue weighted by atomic mass is 19.4. The molecular weight excluding hydrogens is 229 g/mol. The molecule has 0 saturated carbocycles. The van der Waals surface area contributed by atoms with Gasteiger partial charge < -0.3 is 10.6 Å². The average molecular weight is 244 g/mol. The first kappa shape index (κ1) is 12.2. The standard InChI is InChI=1S/C12H15F3N2/c1-2-11(16)7-17(8-11)10-5-3-9(4-6-10)12(13,14)15/h3-6H,2,7-8,16H2,1H3. The van der Waals surface area contributed by atoms with Gasteiger partial charge in [0.25, 0.3) is 0 Å². The van der Waals surface area contributed by atoms with Crippen LogP contribution in [0.5, 0.6) is 0 Å². The van der Waals surface area contributed by atoms with Crippen LogP contribution in [0, 0.1) is 0 Å². The minimum Gasteiger partial charge on any atom is -0.368 e. The zero-order valence-electron chi connectivity index (χ0n) is 9.59. The van der Waals surface area contributed by atoms with Crippen molar-refractivity contribution in [3.8, 4) is 0 Å². The van der Waals surface area contributed by atoms with Gasteiger partial charge in [-0.15, -0.1) is 0 Å². The monoisotopic (exact) mass is 244 g/mol. The van der Waals surface area contributed by atoms with Gasteiger partial charge in [-0.1, -0.05) is 6.92 Å². The average Bonchev–Trinajstić information content (AvgIpc) is 2.24. The van der Waals surface area contributed by atoms with E-state index in [1.54, 1.807) is 0 Å². The van der Waals surface area contributed by atoms with Crippen LogP contribution in [0.15, 0.2) is 24.3 Å². The van der Waals surface area contributed by atoms with Gasteiger partial charge >= 0.3 is 6.18 Å². The molecule has 0 aromatic heterocycles. The fourth-order valence-corrected chi connectivity index (χ4v) is 1.98. The van der Waals surface area contributed by atoms with Crippen LogP contribution in [0.4, 0.5) is 18.9 Å². The normalized spacial score (nSPS) is 19.0. The van der Waals surface area contributed by atoms with Crippen molar-refractivity contribution in [2.75, 3.05) is 18.0 Å². The second kappa shape index (κ2) is 3.91. The SMILES string of the molecule is CCC1(N)CN(c2ccc(C(F)(F)F)cc2)C1. The van der Waals surface area contributed by atoms with Crippen molar-refractivity contribution >= 4 is 5.69 Å². The molecule has 0 aliphatic carbocycles. The summed E-state index contributed by atoms with van der Waals surface area (Å²) < 4.78 is 37.1. The molecule has 1 aromatic rings. The summed E-state index contributed by atoms with van der Waals surface area (Å²) in [6, 6.07) is 5.21. The number of alkyl halides is 3. The van der Waals surface area contributed by atoms with Crippen molar-refractivity contribution in [2.24, 2.45) is 5.73 Å². The molecule has 0 radical (unpaired) electrons. The first-order valence-corrected chi connectivity index (χ1v) is 5.55. The van der Waals surface area contributed by atoms with E-state index < -0.39 is 11.7 Å². The quantitative estimate of drug-likeness (QED) is 0.866. The van der Waals surface area contributed by atoms with Crippen molar-refractivity contribution in [2.45, 2.75) is 25.1 Å². The molecular formula is C12H15F3N2. The Hall–Kier alpha value is -1.23. The van der Waals surface area contributed by atoms with Gasteiger partial charge in [0.15, 0.2) is 0 Å². The highest BCUT2D eigenvalue weighted by molar-refractivity contribution is 5.52. The number of nitrogens with two attached hydrogens (primary N) is 1. The largest absolute Gasteiger partial charge is 0.416 e. The third kappa shape index (κ3) is 2.39. The highest BCUT2D eigenvalue weighted by Gasteiger charge is 2.38. The molecule has 0 atom stereocenters. The first-order valence-electron chi connectivity index (χ1n) is 5.55. The minimum absolute atomic E-state index is 0.178. The predicted molar refractivity (Wildman–Crippen MR) is 60.9 cm³/mol. The van der Waals surface area contributed by atoms with E-state index in [2.05, 4.69) is 0 Å². The second-order valence-corrected chi connectivity index (χ2v) is 4.62. The Balaban J connectivity index is 2.06. The first-order chi connectivity index (χ1) is 7.84. The van der Waals surface area contributed by atoms with E-state index >= 15 is 0 Å². The van der Waals surface area contributed by atoms with E-state index in [1.165, 1.54) is 12.1 Å². The predicted octanol–water partition coefficient (Wildman–Crippen LogP) is 2.63. The maximum absolute atomic E-state index is 12.4. The molecule has 0 bridgehead atoms. The van der Waals surface area contributed by atoms with E-state index in [-0.39, 0.29) is 5.54 Å². The van der Waals surface area contributed by atoms with Gasteiger partial charge in [-0.3, -0.25) is 0 Å². The smallest absolute Gasteiger partial charge is 0.368 e. The third-order valence-electron chi connectivity index (χ3n) is 3.28. The summed E-state index contributed by atoms with van der Waals surface area (Å²) in [4.78, 5) is 1.99. The zero-order valence-corrected chi connectivity index (χ0v) is 9.59. The van der Waals surface area contributed by atoms with Crippen LogP contribution in [-0.4, -0.2) is 18.6 Å². The molecule has 94 valence electrons. The van der Waals surface area contributed by atoms with Crippen LogP contribution < -0.4 is 10.6 Å². The lowest BCUT2D eigenvalue weighted by atomic mass is 9.88. The molecule has 1 heterocycles. The molecule has 1 aliphatic heterocycles. The summed E-state index contributed by atoms with van der Waals surface area (Å²) >= 11 is 0. The Morgan fingerprint density at radius 1 is 1.24 bits per heavy atom. The van der Waals surface area contributed by atoms with Crippen molar-refractivity contribution < 1.29 is 13.2 Å². The fraction of sp³-hybridized carbons (Fsp3) is 0.500. The Bertz CT molecular complexity index is 391. The summed E-state index contributed by atoms with van der Waals surface area (Å²) in [6.45, 7) is 3.42. The maximum atomic E-state index is 12.4. The van der Waals surface area contributed by atoms with Crippen LogP contribution in [0.2, 0.25) is 0 Å². The lowest BCUT2D eigenvalue weighted by molar-refractivity contribution is -0.137. The topological polar surface area (TPSA) is 29.3 Å². The van der Waals surface area contributed by atoms with Gasteiger partial charge in [0.2, 0.25) is 0 Å². The summed E-state index contributed by atoms with van der Waals surface area (Å²) in [5.41, 5.74) is 6.01. The van der Waals surface area contributed by atoms with Crippen molar-refractivity contribution in [3.05, 3.63) is 29.8 Å². The van der Waals surface area contributed by atoms with Gasteiger partial charge in [-0.05, 0) is 30.7 Å². The Kier molecular flexibility index (Phi) is 2.81. The van der Waals surface area contributed by atoms with Gasteiger partial charge in [-0.2, -0.15) is 13.2 Å². The van der Waals surface area contributed by atoms with Gasteiger partial charge in [0, 0.05) is 18.8 Å². The minimum atomic E-state index is -4.27. The third-order valence-corrected chi connectivity index (χ3v) is 3.28. The van der Waals surface area contributed by atoms with Crippen LogP contribution in [-0.2, 0) is 6.18 Å². The van der Waals surface area contributed by atoms with Gasteiger partial charge in [0.1, 0.15) is 0 Å². The lowest BCUT2D eigenvalue weighted by Gasteiger charge is -2.48. The summed E-state index contributed by atoms with van der Waals surface area (Å²) in [5.74, 6) is 0. The van der Waals surface area contributed by atoms with E-state index in [0.29, 0.717) is 13.1 Å². The number of hydrogen-bond donors (Lipinski definition) is 1. The number of anilines is 1. The Morgan fingerprint density at radius 3 is 2.18 bits per heavy atom. The number of benzene rings is 1. The van der Waals surface area contributed by atoms with Crippen LogP contribution in [0.3, 0.4) is 0 Å². The molecule has 5 heteroatoms. The van der Waals surface area contributed by atoms with Crippen molar-refractivity contribution in [1.82, 2.24) is 0 Å². The number of halogens is 3. The van der Waals surface area contributed by atoms with E-state index in [4.69, 9.17) is 5.73 Å². The molecule has 2 rings (SSSR count). The zero-order chi connectivity index (χ0) is 12.7. The molecule has 1 aliphatic rings. The number of hydrogen-bond acceptors (Lipinski definition) is 2. The van der Waals surface area contributed by atoms with Gasteiger partial charge in [-0.25, -0.2) is 0 Å². The summed E-state index contributed by atoms with van der Waals surface area (Å²) in [7, 11) is 0. The molecule has 2 N–H and O–H groups in total. The van der Waals surface area contributed by atoms with E-state index in [1.807, 2.05) is 11.8 Å². The van der Waals surface area contributed by atoms with Crippen LogP contribution in [0.1, 0.15) is 18.9 Å². The molecule has 1 saturated heterocycles. The van der Waals surface area contributed by atoms with Crippen molar-refractivity contribution in [3.63, 3.8) is 0 Å². The number of nitrogens with zero attached hydrogens (tertiary/aromatic N) is 1. The molecule has 2 nitrogen and oxygen atoms in total. The molecule has 0 amide bonds.